The molecule has 24 heavy (non-hydrogen) atoms. The minimum absolute atomic E-state index is 0.0700. The maximum absolute atomic E-state index is 13.1. The van der Waals surface area contributed by atoms with Crippen LogP contribution >= 0.6 is 0 Å². The number of nitrogens with zero attached hydrogens (tertiary/aromatic N) is 2. The van der Waals surface area contributed by atoms with Crippen LogP contribution in [0.5, 0.6) is 5.75 Å². The molecule has 126 valence electrons. The largest absolute Gasteiger partial charge is 0.495 e. The third kappa shape index (κ3) is 2.99. The standard InChI is InChI=1S/C16H15F3N4O/c1-8-4-5-12(24-3)11(6-8)21-14-10-7-9(2)20-13(10)22-15(23-14)16(17,18)19/h4-7H,1-3H3,(H2,20,21,22,23). The van der Waals surface area contributed by atoms with Crippen LogP contribution in [0.4, 0.5) is 24.7 Å². The van der Waals surface area contributed by atoms with Gasteiger partial charge < -0.3 is 15.0 Å². The van der Waals surface area contributed by atoms with E-state index in [1.165, 1.54) is 7.11 Å². The van der Waals surface area contributed by atoms with Crippen molar-refractivity contribution in [3.05, 3.63) is 41.3 Å². The van der Waals surface area contributed by atoms with Gasteiger partial charge in [0, 0.05) is 5.69 Å². The lowest BCUT2D eigenvalue weighted by molar-refractivity contribution is -0.144. The smallest absolute Gasteiger partial charge is 0.451 e. The summed E-state index contributed by atoms with van der Waals surface area (Å²) in [4.78, 5) is 10.0. The van der Waals surface area contributed by atoms with E-state index in [1.807, 2.05) is 13.0 Å². The second kappa shape index (κ2) is 5.70. The van der Waals surface area contributed by atoms with E-state index in [4.69, 9.17) is 4.74 Å². The molecule has 2 aromatic heterocycles. The van der Waals surface area contributed by atoms with E-state index in [0.29, 0.717) is 22.5 Å². The fourth-order valence-corrected chi connectivity index (χ4v) is 2.41. The highest BCUT2D eigenvalue weighted by Crippen LogP contribution is 2.34. The van der Waals surface area contributed by atoms with Gasteiger partial charge in [0.1, 0.15) is 17.2 Å². The van der Waals surface area contributed by atoms with E-state index in [9.17, 15) is 13.2 Å². The van der Waals surface area contributed by atoms with E-state index in [2.05, 4.69) is 20.3 Å². The second-order valence-electron chi connectivity index (χ2n) is 5.44. The number of halogens is 3. The molecule has 3 aromatic rings. The summed E-state index contributed by atoms with van der Waals surface area (Å²) in [6.07, 6.45) is -4.64. The number of aryl methyl sites for hydroxylation is 2. The van der Waals surface area contributed by atoms with Gasteiger partial charge >= 0.3 is 6.18 Å². The monoisotopic (exact) mass is 336 g/mol. The number of fused-ring (bicyclic) bond motifs is 1. The Morgan fingerprint density at radius 2 is 1.88 bits per heavy atom. The maximum atomic E-state index is 13.1. The van der Waals surface area contributed by atoms with Crippen molar-refractivity contribution in [3.8, 4) is 5.75 Å². The topological polar surface area (TPSA) is 62.8 Å². The Hall–Kier alpha value is -2.77. The molecule has 0 unspecified atom stereocenters. The van der Waals surface area contributed by atoms with Crippen molar-refractivity contribution < 1.29 is 17.9 Å². The summed E-state index contributed by atoms with van der Waals surface area (Å²) in [6.45, 7) is 3.62. The van der Waals surface area contributed by atoms with Gasteiger partial charge in [-0.1, -0.05) is 6.07 Å². The number of aromatic nitrogens is 3. The number of ether oxygens (including phenoxy) is 1. The molecule has 0 saturated heterocycles. The molecule has 0 bridgehead atoms. The minimum atomic E-state index is -4.64. The molecule has 0 saturated carbocycles. The van der Waals surface area contributed by atoms with E-state index in [0.717, 1.165) is 5.56 Å². The number of benzene rings is 1. The molecule has 2 heterocycles. The van der Waals surface area contributed by atoms with Crippen LogP contribution in [-0.4, -0.2) is 22.1 Å². The number of rotatable bonds is 3. The van der Waals surface area contributed by atoms with Crippen LogP contribution in [0.3, 0.4) is 0 Å². The summed E-state index contributed by atoms with van der Waals surface area (Å²) in [6, 6.07) is 7.06. The Balaban J connectivity index is 2.16. The van der Waals surface area contributed by atoms with E-state index < -0.39 is 12.0 Å². The van der Waals surface area contributed by atoms with Gasteiger partial charge in [0.2, 0.25) is 5.82 Å². The summed E-state index contributed by atoms with van der Waals surface area (Å²) >= 11 is 0. The average Bonchev–Trinajstić information content (AvgIpc) is 2.87. The van der Waals surface area contributed by atoms with E-state index in [-0.39, 0.29) is 11.5 Å². The van der Waals surface area contributed by atoms with Crippen molar-refractivity contribution >= 4 is 22.5 Å². The highest BCUT2D eigenvalue weighted by molar-refractivity contribution is 5.90. The SMILES string of the molecule is COc1ccc(C)cc1Nc1nc(C(F)(F)F)nc2[nH]c(C)cc12. The number of hydrogen-bond acceptors (Lipinski definition) is 4. The molecule has 0 radical (unpaired) electrons. The molecular weight excluding hydrogens is 321 g/mol. The summed E-state index contributed by atoms with van der Waals surface area (Å²) < 4.78 is 44.4. The Morgan fingerprint density at radius 1 is 1.12 bits per heavy atom. The predicted molar refractivity (Wildman–Crippen MR) is 84.6 cm³/mol. The first-order chi connectivity index (χ1) is 11.3. The number of anilines is 2. The number of aromatic amines is 1. The predicted octanol–water partition coefficient (Wildman–Crippen LogP) is 4.35. The lowest BCUT2D eigenvalue weighted by Crippen LogP contribution is -2.12. The van der Waals surface area contributed by atoms with Crippen molar-refractivity contribution in [1.29, 1.82) is 0 Å². The molecule has 0 spiro atoms. The Kier molecular flexibility index (Phi) is 3.82. The van der Waals surface area contributed by atoms with Crippen molar-refractivity contribution in [2.75, 3.05) is 12.4 Å². The molecule has 0 fully saturated rings. The van der Waals surface area contributed by atoms with Crippen molar-refractivity contribution in [1.82, 2.24) is 15.0 Å². The van der Waals surface area contributed by atoms with Gasteiger partial charge in [0.05, 0.1) is 18.2 Å². The molecule has 0 amide bonds. The number of methoxy groups -OCH3 is 1. The molecule has 0 aliphatic carbocycles. The fraction of sp³-hybridized carbons (Fsp3) is 0.250. The van der Waals surface area contributed by atoms with Crippen LogP contribution in [0.1, 0.15) is 17.1 Å². The number of H-pyrrole nitrogens is 1. The Labute approximate surface area is 135 Å². The maximum Gasteiger partial charge on any atom is 0.451 e. The van der Waals surface area contributed by atoms with Crippen LogP contribution in [-0.2, 0) is 6.18 Å². The first kappa shape index (κ1) is 16.1. The summed E-state index contributed by atoms with van der Waals surface area (Å²) in [5.74, 6) is -0.625. The van der Waals surface area contributed by atoms with E-state index >= 15 is 0 Å². The summed E-state index contributed by atoms with van der Waals surface area (Å²) in [5, 5.41) is 3.41. The molecule has 3 rings (SSSR count). The van der Waals surface area contributed by atoms with Crippen LogP contribution in [0, 0.1) is 13.8 Å². The van der Waals surface area contributed by atoms with Crippen LogP contribution in [0.15, 0.2) is 24.3 Å². The first-order valence-electron chi connectivity index (χ1n) is 7.14. The highest BCUT2D eigenvalue weighted by Gasteiger charge is 2.36. The average molecular weight is 336 g/mol. The molecule has 0 atom stereocenters. The van der Waals surface area contributed by atoms with Gasteiger partial charge in [-0.05, 0) is 37.6 Å². The van der Waals surface area contributed by atoms with Crippen molar-refractivity contribution in [2.24, 2.45) is 0 Å². The molecule has 1 aromatic carbocycles. The van der Waals surface area contributed by atoms with Crippen LogP contribution < -0.4 is 10.1 Å². The third-order valence-corrected chi connectivity index (χ3v) is 3.48. The third-order valence-electron chi connectivity index (χ3n) is 3.48. The van der Waals surface area contributed by atoms with Gasteiger partial charge in [-0.15, -0.1) is 0 Å². The zero-order valence-electron chi connectivity index (χ0n) is 13.2. The van der Waals surface area contributed by atoms with Crippen LogP contribution in [0.2, 0.25) is 0 Å². The van der Waals surface area contributed by atoms with Gasteiger partial charge in [0.15, 0.2) is 0 Å². The van der Waals surface area contributed by atoms with Crippen molar-refractivity contribution in [3.63, 3.8) is 0 Å². The number of nitrogens with one attached hydrogen (secondary N) is 2. The number of alkyl halides is 3. The zero-order chi connectivity index (χ0) is 17.5. The van der Waals surface area contributed by atoms with Crippen molar-refractivity contribution in [2.45, 2.75) is 20.0 Å². The second-order valence-corrected chi connectivity index (χ2v) is 5.44. The lowest BCUT2D eigenvalue weighted by Gasteiger charge is -2.13. The molecular formula is C16H15F3N4O. The highest BCUT2D eigenvalue weighted by atomic mass is 19.4. The molecule has 5 nitrogen and oxygen atoms in total. The molecule has 8 heteroatoms. The van der Waals surface area contributed by atoms with Gasteiger partial charge in [0.25, 0.3) is 0 Å². The van der Waals surface area contributed by atoms with Gasteiger partial charge in [-0.25, -0.2) is 9.97 Å². The quantitative estimate of drug-likeness (QED) is 0.746. The van der Waals surface area contributed by atoms with Crippen LogP contribution in [0.25, 0.3) is 11.0 Å². The lowest BCUT2D eigenvalue weighted by atomic mass is 10.2. The molecule has 0 aliphatic rings. The first-order valence-corrected chi connectivity index (χ1v) is 7.14. The van der Waals surface area contributed by atoms with Gasteiger partial charge in [-0.2, -0.15) is 13.2 Å². The zero-order valence-corrected chi connectivity index (χ0v) is 13.2. The molecule has 2 N–H and O–H groups in total. The van der Waals surface area contributed by atoms with E-state index in [1.54, 1.807) is 25.1 Å². The molecule has 0 aliphatic heterocycles. The summed E-state index contributed by atoms with van der Waals surface area (Å²) in [5.41, 5.74) is 2.29. The Morgan fingerprint density at radius 3 is 2.54 bits per heavy atom. The minimum Gasteiger partial charge on any atom is -0.495 e. The number of hydrogen-bond donors (Lipinski definition) is 2. The summed E-state index contributed by atoms with van der Waals surface area (Å²) in [7, 11) is 1.49. The van der Waals surface area contributed by atoms with Gasteiger partial charge in [-0.3, -0.25) is 0 Å². The Bertz CT molecular complexity index is 902. The fourth-order valence-electron chi connectivity index (χ4n) is 2.41. The normalized spacial score (nSPS) is 11.8.